The van der Waals surface area contributed by atoms with Crippen molar-refractivity contribution in [2.24, 2.45) is 0 Å². The fourth-order valence-corrected chi connectivity index (χ4v) is 2.83. The maximum atomic E-state index is 13.7. The Labute approximate surface area is 146 Å². The molecule has 1 aliphatic heterocycles. The largest absolute Gasteiger partial charge is 0.478 e. The Balaban J connectivity index is 1.57. The van der Waals surface area contributed by atoms with Crippen LogP contribution in [0.25, 0.3) is 0 Å². The predicted molar refractivity (Wildman–Crippen MR) is 92.1 cm³/mol. The lowest BCUT2D eigenvalue weighted by Gasteiger charge is -2.35. The minimum atomic E-state index is -0.334. The summed E-state index contributed by atoms with van der Waals surface area (Å²) in [6.45, 7) is 4.97. The highest BCUT2D eigenvalue weighted by Gasteiger charge is 2.23. The Bertz CT molecular complexity index is 733. The third-order valence-corrected chi connectivity index (χ3v) is 4.18. The summed E-state index contributed by atoms with van der Waals surface area (Å²) in [5.74, 6) is 0.951. The van der Waals surface area contributed by atoms with Crippen molar-refractivity contribution < 1.29 is 13.9 Å². The van der Waals surface area contributed by atoms with Crippen LogP contribution in [0.1, 0.15) is 12.5 Å². The number of nitrogens with zero attached hydrogens (tertiary/aromatic N) is 4. The zero-order valence-electron chi connectivity index (χ0n) is 14.2. The van der Waals surface area contributed by atoms with E-state index in [0.717, 1.165) is 5.82 Å². The number of anilines is 1. The second-order valence-electron chi connectivity index (χ2n) is 5.78. The Morgan fingerprint density at radius 3 is 2.68 bits per heavy atom. The zero-order valence-corrected chi connectivity index (χ0v) is 14.2. The third kappa shape index (κ3) is 4.23. The lowest BCUT2D eigenvalue weighted by Crippen LogP contribution is -2.49. The van der Waals surface area contributed by atoms with Gasteiger partial charge in [0.15, 0.2) is 0 Å². The Morgan fingerprint density at radius 1 is 1.20 bits per heavy atom. The summed E-state index contributed by atoms with van der Waals surface area (Å²) >= 11 is 0. The van der Waals surface area contributed by atoms with Crippen molar-refractivity contribution in [2.75, 3.05) is 37.7 Å². The van der Waals surface area contributed by atoms with Gasteiger partial charge >= 0.3 is 0 Å². The molecule has 1 saturated heterocycles. The van der Waals surface area contributed by atoms with Crippen molar-refractivity contribution in [2.45, 2.75) is 13.3 Å². The van der Waals surface area contributed by atoms with Gasteiger partial charge in [-0.3, -0.25) is 4.79 Å². The van der Waals surface area contributed by atoms with Gasteiger partial charge in [-0.2, -0.15) is 0 Å². The quantitative estimate of drug-likeness (QED) is 0.829. The minimum absolute atomic E-state index is 0.0533. The second-order valence-corrected chi connectivity index (χ2v) is 5.78. The van der Waals surface area contributed by atoms with Crippen molar-refractivity contribution >= 4 is 11.7 Å². The number of rotatable bonds is 5. The van der Waals surface area contributed by atoms with Crippen LogP contribution in [0.15, 0.2) is 36.7 Å². The highest BCUT2D eigenvalue weighted by molar-refractivity contribution is 5.79. The van der Waals surface area contributed by atoms with Crippen LogP contribution in [-0.4, -0.2) is 53.6 Å². The average molecular weight is 344 g/mol. The van der Waals surface area contributed by atoms with Crippen LogP contribution in [0.3, 0.4) is 0 Å². The first kappa shape index (κ1) is 17.1. The molecule has 0 saturated carbocycles. The molecule has 1 amide bonds. The Morgan fingerprint density at radius 2 is 1.96 bits per heavy atom. The van der Waals surface area contributed by atoms with Gasteiger partial charge in [0, 0.05) is 32.2 Å². The lowest BCUT2D eigenvalue weighted by molar-refractivity contribution is -0.130. The Hall–Kier alpha value is -2.70. The number of carbonyl (C=O) groups excluding carboxylic acids is 1. The molecule has 0 unspecified atom stereocenters. The molecule has 0 aliphatic carbocycles. The summed E-state index contributed by atoms with van der Waals surface area (Å²) in [4.78, 5) is 24.6. The molecule has 1 aromatic heterocycles. The van der Waals surface area contributed by atoms with Gasteiger partial charge in [-0.25, -0.2) is 14.4 Å². The zero-order chi connectivity index (χ0) is 17.6. The van der Waals surface area contributed by atoms with Crippen LogP contribution in [0, 0.1) is 5.82 Å². The standard InChI is InChI=1S/C18H21FN4O2/c1-2-25-17-12-16(20-13-21-17)22-7-9-23(10-8-22)18(24)11-14-5-3-4-6-15(14)19/h3-6,12-13H,2,7-11H2,1H3. The highest BCUT2D eigenvalue weighted by Crippen LogP contribution is 2.18. The van der Waals surface area contributed by atoms with Crippen molar-refractivity contribution in [3.05, 3.63) is 48.0 Å². The number of hydrogen-bond acceptors (Lipinski definition) is 5. The van der Waals surface area contributed by atoms with Gasteiger partial charge in [0.2, 0.25) is 11.8 Å². The topological polar surface area (TPSA) is 58.6 Å². The number of ether oxygens (including phenoxy) is 1. The maximum absolute atomic E-state index is 13.7. The van der Waals surface area contributed by atoms with E-state index in [2.05, 4.69) is 14.9 Å². The van der Waals surface area contributed by atoms with E-state index in [1.54, 1.807) is 29.2 Å². The molecule has 0 atom stereocenters. The van der Waals surface area contributed by atoms with Gasteiger partial charge in [-0.15, -0.1) is 0 Å². The lowest BCUT2D eigenvalue weighted by atomic mass is 10.1. The molecule has 0 N–H and O–H groups in total. The monoisotopic (exact) mass is 344 g/mol. The highest BCUT2D eigenvalue weighted by atomic mass is 19.1. The van der Waals surface area contributed by atoms with E-state index in [9.17, 15) is 9.18 Å². The van der Waals surface area contributed by atoms with Gasteiger partial charge in [-0.1, -0.05) is 18.2 Å². The first-order valence-corrected chi connectivity index (χ1v) is 8.38. The van der Waals surface area contributed by atoms with Crippen molar-refractivity contribution in [1.82, 2.24) is 14.9 Å². The number of aromatic nitrogens is 2. The van der Waals surface area contributed by atoms with E-state index in [0.29, 0.717) is 44.2 Å². The Kier molecular flexibility index (Phi) is 5.42. The first-order chi connectivity index (χ1) is 12.2. The average Bonchev–Trinajstić information content (AvgIpc) is 2.64. The van der Waals surface area contributed by atoms with E-state index < -0.39 is 0 Å². The fourth-order valence-electron chi connectivity index (χ4n) is 2.83. The van der Waals surface area contributed by atoms with Gasteiger partial charge < -0.3 is 14.5 Å². The summed E-state index contributed by atoms with van der Waals surface area (Å²) in [5.41, 5.74) is 0.437. The molecule has 3 rings (SSSR count). The van der Waals surface area contributed by atoms with E-state index in [1.165, 1.54) is 12.4 Å². The summed E-state index contributed by atoms with van der Waals surface area (Å²) in [6.07, 6.45) is 1.57. The number of piperazine rings is 1. The van der Waals surface area contributed by atoms with Crippen LogP contribution in [0.2, 0.25) is 0 Å². The SMILES string of the molecule is CCOc1cc(N2CCN(C(=O)Cc3ccccc3F)CC2)ncn1. The van der Waals surface area contributed by atoms with Gasteiger partial charge in [-0.05, 0) is 18.6 Å². The van der Waals surface area contributed by atoms with Gasteiger partial charge in [0.1, 0.15) is 18.0 Å². The molecule has 1 fully saturated rings. The van der Waals surface area contributed by atoms with Crippen LogP contribution < -0.4 is 9.64 Å². The molecule has 2 aromatic rings. The fraction of sp³-hybridized carbons (Fsp3) is 0.389. The van der Waals surface area contributed by atoms with E-state index in [4.69, 9.17) is 4.74 Å². The number of halogens is 1. The van der Waals surface area contributed by atoms with Crippen molar-refractivity contribution in [1.29, 1.82) is 0 Å². The summed E-state index contributed by atoms with van der Waals surface area (Å²) in [5, 5.41) is 0. The smallest absolute Gasteiger partial charge is 0.227 e. The molecule has 1 aromatic carbocycles. The molecule has 2 heterocycles. The van der Waals surface area contributed by atoms with Crippen LogP contribution >= 0.6 is 0 Å². The predicted octanol–water partition coefficient (Wildman–Crippen LogP) is 1.91. The molecule has 0 radical (unpaired) electrons. The van der Waals surface area contributed by atoms with E-state index >= 15 is 0 Å². The first-order valence-electron chi connectivity index (χ1n) is 8.38. The molecule has 7 heteroatoms. The number of benzene rings is 1. The molecule has 6 nitrogen and oxygen atoms in total. The van der Waals surface area contributed by atoms with Crippen LogP contribution in [0.5, 0.6) is 5.88 Å². The van der Waals surface area contributed by atoms with Crippen LogP contribution in [0.4, 0.5) is 10.2 Å². The normalized spacial score (nSPS) is 14.5. The van der Waals surface area contributed by atoms with Crippen molar-refractivity contribution in [3.8, 4) is 5.88 Å². The molecule has 0 spiro atoms. The number of hydrogen-bond donors (Lipinski definition) is 0. The third-order valence-electron chi connectivity index (χ3n) is 4.18. The van der Waals surface area contributed by atoms with Crippen LogP contribution in [-0.2, 0) is 11.2 Å². The summed E-state index contributed by atoms with van der Waals surface area (Å²) in [6, 6.07) is 8.21. The molecule has 132 valence electrons. The van der Waals surface area contributed by atoms with Gasteiger partial charge in [0.25, 0.3) is 0 Å². The van der Waals surface area contributed by atoms with Gasteiger partial charge in [0.05, 0.1) is 13.0 Å². The molecule has 25 heavy (non-hydrogen) atoms. The second kappa shape index (κ2) is 7.92. The van der Waals surface area contributed by atoms with E-state index in [-0.39, 0.29) is 18.1 Å². The number of amides is 1. The summed E-state index contributed by atoms with van der Waals surface area (Å²) < 4.78 is 19.1. The molecular formula is C18H21FN4O2. The van der Waals surface area contributed by atoms with Crippen molar-refractivity contribution in [3.63, 3.8) is 0 Å². The minimum Gasteiger partial charge on any atom is -0.478 e. The molecular weight excluding hydrogens is 323 g/mol. The number of carbonyl (C=O) groups is 1. The maximum Gasteiger partial charge on any atom is 0.227 e. The summed E-state index contributed by atoms with van der Waals surface area (Å²) in [7, 11) is 0. The van der Waals surface area contributed by atoms with E-state index in [1.807, 2.05) is 6.92 Å². The molecule has 0 bridgehead atoms. The molecule has 1 aliphatic rings.